The molecule has 0 saturated carbocycles. The van der Waals surface area contributed by atoms with Crippen LogP contribution in [0.5, 0.6) is 0 Å². The maximum Gasteiger partial charge on any atom is 0.285 e. The number of aromatic nitrogens is 2. The highest BCUT2D eigenvalue weighted by atomic mass is 35.5. The number of nitrogens with one attached hydrogen (secondary N) is 1. The molecule has 4 rings (SSSR count). The molecule has 7 nitrogen and oxygen atoms in total. The lowest BCUT2D eigenvalue weighted by Gasteiger charge is -2.10. The van der Waals surface area contributed by atoms with Gasteiger partial charge in [-0.15, -0.1) is 4.40 Å². The van der Waals surface area contributed by atoms with E-state index in [4.69, 9.17) is 23.2 Å². The number of anilines is 1. The highest BCUT2D eigenvalue weighted by Crippen LogP contribution is 2.25. The zero-order valence-electron chi connectivity index (χ0n) is 18.5. The number of carbonyl (C=O) groups excluding carboxylic acids is 1. The third kappa shape index (κ3) is 6.16. The Hall–Kier alpha value is -3.46. The van der Waals surface area contributed by atoms with Gasteiger partial charge in [-0.3, -0.25) is 4.79 Å². The van der Waals surface area contributed by atoms with Crippen molar-refractivity contribution in [2.75, 3.05) is 5.32 Å². The van der Waals surface area contributed by atoms with Gasteiger partial charge in [0.05, 0.1) is 22.2 Å². The fourth-order valence-electron chi connectivity index (χ4n) is 3.21. The van der Waals surface area contributed by atoms with E-state index in [1.165, 1.54) is 18.3 Å². The van der Waals surface area contributed by atoms with Gasteiger partial charge >= 0.3 is 0 Å². The largest absolute Gasteiger partial charge is 0.321 e. The van der Waals surface area contributed by atoms with E-state index in [1.807, 2.05) is 6.92 Å². The molecule has 10 heteroatoms. The third-order valence-electron chi connectivity index (χ3n) is 5.07. The second-order valence-electron chi connectivity index (χ2n) is 7.70. The summed E-state index contributed by atoms with van der Waals surface area (Å²) < 4.78 is 31.0. The number of halogens is 2. The van der Waals surface area contributed by atoms with Crippen molar-refractivity contribution < 1.29 is 13.2 Å². The molecule has 0 aliphatic rings. The summed E-state index contributed by atoms with van der Waals surface area (Å²) in [5.41, 5.74) is 2.71. The molecule has 0 spiro atoms. The van der Waals surface area contributed by atoms with E-state index in [0.717, 1.165) is 11.1 Å². The summed E-state index contributed by atoms with van der Waals surface area (Å²) in [6.07, 6.45) is 3.18. The molecule has 1 aromatic heterocycles. The van der Waals surface area contributed by atoms with Gasteiger partial charge in [-0.1, -0.05) is 53.0 Å². The molecule has 178 valence electrons. The van der Waals surface area contributed by atoms with Crippen LogP contribution in [0.3, 0.4) is 0 Å². The maximum absolute atomic E-state index is 12.7. The highest BCUT2D eigenvalue weighted by Gasteiger charge is 2.13. The number of benzene rings is 3. The van der Waals surface area contributed by atoms with Gasteiger partial charge < -0.3 is 9.88 Å². The summed E-state index contributed by atoms with van der Waals surface area (Å²) in [7, 11) is -3.93. The smallest absolute Gasteiger partial charge is 0.285 e. The Bertz CT molecular complexity index is 1550. The van der Waals surface area contributed by atoms with Crippen LogP contribution in [-0.2, 0) is 16.6 Å². The Labute approximate surface area is 212 Å². The normalized spacial score (nSPS) is 11.9. The van der Waals surface area contributed by atoms with Gasteiger partial charge in [-0.25, -0.2) is 4.98 Å². The molecule has 3 aromatic carbocycles. The molecule has 1 amide bonds. The predicted octanol–water partition coefficient (Wildman–Crippen LogP) is 5.09. The molecule has 35 heavy (non-hydrogen) atoms. The zero-order valence-corrected chi connectivity index (χ0v) is 20.8. The first-order chi connectivity index (χ1) is 16.7. The molecule has 0 radical (unpaired) electrons. The Balaban J connectivity index is 1.54. The van der Waals surface area contributed by atoms with Gasteiger partial charge in [-0.2, -0.15) is 8.42 Å². The van der Waals surface area contributed by atoms with E-state index in [2.05, 4.69) is 14.7 Å². The molecular weight excluding hydrogens is 507 g/mol. The standard InChI is InChI=1S/C25H20Cl2N4O3S/c1-17-3-10-21(11-4-17)35(33,34)30-25-28-13-2-14-31(25)16-18-5-7-19(8-6-18)24(32)29-23-12-9-20(26)15-22(23)27/h2-15H,16H2,1H3,(H,29,32)/b30-25+. The molecule has 0 bridgehead atoms. The summed E-state index contributed by atoms with van der Waals surface area (Å²) >= 11 is 12.0. The summed E-state index contributed by atoms with van der Waals surface area (Å²) in [4.78, 5) is 16.8. The number of sulfonamides is 1. The van der Waals surface area contributed by atoms with Crippen molar-refractivity contribution in [1.29, 1.82) is 0 Å². The van der Waals surface area contributed by atoms with Crippen LogP contribution in [0.2, 0.25) is 10.0 Å². The minimum Gasteiger partial charge on any atom is -0.321 e. The lowest BCUT2D eigenvalue weighted by atomic mass is 10.1. The summed E-state index contributed by atoms with van der Waals surface area (Å²) in [5.74, 6) is -0.324. The molecule has 0 saturated heterocycles. The van der Waals surface area contributed by atoms with Crippen LogP contribution >= 0.6 is 23.2 Å². The monoisotopic (exact) mass is 526 g/mol. The Morgan fingerprint density at radius 3 is 2.43 bits per heavy atom. The molecule has 1 heterocycles. The first-order valence-electron chi connectivity index (χ1n) is 10.5. The van der Waals surface area contributed by atoms with E-state index < -0.39 is 10.0 Å². The molecule has 4 aromatic rings. The van der Waals surface area contributed by atoms with Crippen LogP contribution in [0, 0.1) is 6.92 Å². The average molecular weight is 527 g/mol. The molecule has 0 atom stereocenters. The van der Waals surface area contributed by atoms with E-state index >= 15 is 0 Å². The number of hydrogen-bond acceptors (Lipinski definition) is 4. The van der Waals surface area contributed by atoms with Crippen molar-refractivity contribution in [3.8, 4) is 0 Å². The molecule has 0 fully saturated rings. The first-order valence-corrected chi connectivity index (χ1v) is 12.7. The van der Waals surface area contributed by atoms with Gasteiger partial charge in [0, 0.05) is 23.0 Å². The van der Waals surface area contributed by atoms with Crippen molar-refractivity contribution >= 4 is 44.8 Å². The van der Waals surface area contributed by atoms with Gasteiger partial charge in [-0.05, 0) is 61.0 Å². The summed E-state index contributed by atoms with van der Waals surface area (Å²) in [6.45, 7) is 2.18. The summed E-state index contributed by atoms with van der Waals surface area (Å²) in [6, 6.07) is 19.9. The number of carbonyl (C=O) groups is 1. The van der Waals surface area contributed by atoms with Crippen LogP contribution in [0.25, 0.3) is 0 Å². The van der Waals surface area contributed by atoms with Crippen LogP contribution in [0.15, 0.2) is 94.5 Å². The molecule has 1 N–H and O–H groups in total. The summed E-state index contributed by atoms with van der Waals surface area (Å²) in [5, 5.41) is 3.57. The fraction of sp³-hybridized carbons (Fsp3) is 0.0800. The molecule has 0 aliphatic carbocycles. The second-order valence-corrected chi connectivity index (χ2v) is 10.1. The first kappa shape index (κ1) is 24.7. The zero-order chi connectivity index (χ0) is 25.0. The van der Waals surface area contributed by atoms with Crippen LogP contribution < -0.4 is 10.9 Å². The topological polar surface area (TPSA) is 93.4 Å². The van der Waals surface area contributed by atoms with Crippen molar-refractivity contribution in [1.82, 2.24) is 9.55 Å². The van der Waals surface area contributed by atoms with Gasteiger partial charge in [0.1, 0.15) is 0 Å². The minimum absolute atomic E-state index is 0.0484. The fourth-order valence-corrected chi connectivity index (χ4v) is 4.61. The van der Waals surface area contributed by atoms with Crippen molar-refractivity contribution in [2.24, 2.45) is 4.40 Å². The molecule has 0 aliphatic heterocycles. The van der Waals surface area contributed by atoms with Crippen molar-refractivity contribution in [3.05, 3.63) is 118 Å². The minimum atomic E-state index is -3.93. The van der Waals surface area contributed by atoms with Crippen LogP contribution in [0.4, 0.5) is 5.69 Å². The average Bonchev–Trinajstić information content (AvgIpc) is 2.83. The SMILES string of the molecule is Cc1ccc(S(=O)(=O)/N=c2\ncccn2Cc2ccc(C(=O)Nc3ccc(Cl)cc3Cl)cc2)cc1. The quantitative estimate of drug-likeness (QED) is 0.378. The number of aryl methyl sites for hydroxylation is 1. The second kappa shape index (κ2) is 10.4. The maximum atomic E-state index is 12.7. The van der Waals surface area contributed by atoms with Gasteiger partial charge in [0.25, 0.3) is 15.9 Å². The Morgan fingerprint density at radius 2 is 1.74 bits per heavy atom. The number of rotatable bonds is 6. The Morgan fingerprint density at radius 1 is 1.03 bits per heavy atom. The Kier molecular flexibility index (Phi) is 7.35. The lowest BCUT2D eigenvalue weighted by molar-refractivity contribution is 0.102. The van der Waals surface area contributed by atoms with Crippen molar-refractivity contribution in [2.45, 2.75) is 18.4 Å². The van der Waals surface area contributed by atoms with Gasteiger partial charge in [0.2, 0.25) is 5.62 Å². The number of nitrogens with zero attached hydrogens (tertiary/aromatic N) is 3. The van der Waals surface area contributed by atoms with E-state index in [-0.39, 0.29) is 16.4 Å². The number of hydrogen-bond donors (Lipinski definition) is 1. The van der Waals surface area contributed by atoms with E-state index in [0.29, 0.717) is 27.8 Å². The van der Waals surface area contributed by atoms with Crippen LogP contribution in [0.1, 0.15) is 21.5 Å². The van der Waals surface area contributed by atoms with Gasteiger partial charge in [0.15, 0.2) is 0 Å². The van der Waals surface area contributed by atoms with Crippen LogP contribution in [-0.4, -0.2) is 23.9 Å². The van der Waals surface area contributed by atoms with Crippen molar-refractivity contribution in [3.63, 3.8) is 0 Å². The highest BCUT2D eigenvalue weighted by molar-refractivity contribution is 7.90. The van der Waals surface area contributed by atoms with E-state index in [9.17, 15) is 13.2 Å². The third-order valence-corrected chi connectivity index (χ3v) is 6.89. The molecular formula is C25H20Cl2N4O3S. The van der Waals surface area contributed by atoms with E-state index in [1.54, 1.807) is 71.4 Å². The number of amides is 1. The lowest BCUT2D eigenvalue weighted by Crippen LogP contribution is -2.25. The predicted molar refractivity (Wildman–Crippen MR) is 136 cm³/mol. The molecule has 0 unspecified atom stereocenters.